The lowest BCUT2D eigenvalue weighted by Gasteiger charge is -2.35. The number of carbonyl (C=O) groups is 1. The van der Waals surface area contributed by atoms with Gasteiger partial charge < -0.3 is 10.2 Å². The van der Waals surface area contributed by atoms with Crippen molar-refractivity contribution >= 4 is 30.1 Å². The predicted molar refractivity (Wildman–Crippen MR) is 66.8 cm³/mol. The molecule has 2 atom stereocenters. The van der Waals surface area contributed by atoms with E-state index in [1.807, 2.05) is 11.8 Å². The van der Waals surface area contributed by atoms with Crippen molar-refractivity contribution in [2.24, 2.45) is 0 Å². The van der Waals surface area contributed by atoms with Crippen molar-refractivity contribution in [2.45, 2.75) is 31.1 Å². The first-order chi connectivity index (χ1) is 6.79. The summed E-state index contributed by atoms with van der Waals surface area (Å²) in [7, 11) is 0. The lowest BCUT2D eigenvalue weighted by atomic mass is 10.1. The number of halogens is 1. The molecule has 0 aromatic rings. The van der Waals surface area contributed by atoms with Gasteiger partial charge in [0.25, 0.3) is 0 Å². The van der Waals surface area contributed by atoms with Gasteiger partial charge in [-0.15, -0.1) is 24.2 Å². The van der Waals surface area contributed by atoms with Gasteiger partial charge in [-0.05, 0) is 25.5 Å². The molecule has 2 heterocycles. The summed E-state index contributed by atoms with van der Waals surface area (Å²) in [6.07, 6.45) is 2.29. The molecule has 5 heteroatoms. The third-order valence-corrected chi connectivity index (χ3v) is 4.35. The zero-order chi connectivity index (χ0) is 9.97. The smallest absolute Gasteiger partial charge is 0.236 e. The molecule has 2 fully saturated rings. The fraction of sp³-hybridized carbons (Fsp3) is 0.900. The van der Waals surface area contributed by atoms with Gasteiger partial charge in [0.15, 0.2) is 0 Å². The lowest BCUT2D eigenvalue weighted by Crippen LogP contribution is -2.54. The van der Waals surface area contributed by atoms with E-state index in [4.69, 9.17) is 0 Å². The predicted octanol–water partition coefficient (Wildman–Crippen LogP) is 1.12. The normalized spacial score (nSPS) is 31.1. The molecule has 0 bridgehead atoms. The zero-order valence-electron chi connectivity index (χ0n) is 9.07. The summed E-state index contributed by atoms with van der Waals surface area (Å²) in [5, 5.41) is 3.57. The van der Waals surface area contributed by atoms with Crippen LogP contribution >= 0.6 is 24.2 Å². The first-order valence-corrected chi connectivity index (χ1v) is 6.46. The van der Waals surface area contributed by atoms with E-state index < -0.39 is 0 Å². The molecule has 1 N–H and O–H groups in total. The summed E-state index contributed by atoms with van der Waals surface area (Å²) in [6.45, 7) is 4.91. The molecule has 2 aliphatic heterocycles. The maximum Gasteiger partial charge on any atom is 0.236 e. The molecule has 0 saturated carbocycles. The number of hydrogen-bond acceptors (Lipinski definition) is 3. The van der Waals surface area contributed by atoms with Crippen molar-refractivity contribution in [1.29, 1.82) is 0 Å². The van der Waals surface area contributed by atoms with E-state index in [9.17, 15) is 4.79 Å². The van der Waals surface area contributed by atoms with Crippen molar-refractivity contribution in [3.8, 4) is 0 Å². The van der Waals surface area contributed by atoms with E-state index in [1.54, 1.807) is 0 Å². The monoisotopic (exact) mass is 250 g/mol. The molecule has 0 aliphatic carbocycles. The number of nitrogens with one attached hydrogen (secondary N) is 1. The first-order valence-electron chi connectivity index (χ1n) is 5.42. The van der Waals surface area contributed by atoms with Crippen LogP contribution in [0.4, 0.5) is 0 Å². The Morgan fingerprint density at radius 1 is 1.53 bits per heavy atom. The molecule has 1 unspecified atom stereocenters. The number of thioether (sulfide) groups is 1. The molecular formula is C10H19ClN2OS. The summed E-state index contributed by atoms with van der Waals surface area (Å²) in [4.78, 5) is 14.1. The average Bonchev–Trinajstić information content (AvgIpc) is 2.70. The Morgan fingerprint density at radius 2 is 2.33 bits per heavy atom. The molecule has 0 aromatic heterocycles. The Morgan fingerprint density at radius 3 is 2.93 bits per heavy atom. The van der Waals surface area contributed by atoms with Crippen LogP contribution in [-0.4, -0.2) is 47.5 Å². The molecule has 2 aliphatic rings. The van der Waals surface area contributed by atoms with Crippen LogP contribution in [-0.2, 0) is 4.79 Å². The van der Waals surface area contributed by atoms with Crippen molar-refractivity contribution in [2.75, 3.05) is 25.4 Å². The van der Waals surface area contributed by atoms with Gasteiger partial charge in [-0.2, -0.15) is 0 Å². The van der Waals surface area contributed by atoms with Gasteiger partial charge in [-0.3, -0.25) is 4.79 Å². The summed E-state index contributed by atoms with van der Waals surface area (Å²) < 4.78 is 0. The third kappa shape index (κ3) is 3.02. The van der Waals surface area contributed by atoms with Crippen LogP contribution in [0.3, 0.4) is 0 Å². The molecule has 15 heavy (non-hydrogen) atoms. The van der Waals surface area contributed by atoms with Crippen LogP contribution < -0.4 is 5.32 Å². The minimum absolute atomic E-state index is 0. The lowest BCUT2D eigenvalue weighted by molar-refractivity contribution is -0.133. The van der Waals surface area contributed by atoms with Crippen LogP contribution in [0.25, 0.3) is 0 Å². The average molecular weight is 251 g/mol. The fourth-order valence-electron chi connectivity index (χ4n) is 2.13. The highest BCUT2D eigenvalue weighted by Gasteiger charge is 2.31. The van der Waals surface area contributed by atoms with Gasteiger partial charge in [-0.1, -0.05) is 0 Å². The molecule has 3 nitrogen and oxygen atoms in total. The van der Waals surface area contributed by atoms with Gasteiger partial charge in [0, 0.05) is 25.7 Å². The highest BCUT2D eigenvalue weighted by atomic mass is 35.5. The number of nitrogens with zero attached hydrogens (tertiary/aromatic N) is 1. The van der Waals surface area contributed by atoms with Crippen LogP contribution in [0.5, 0.6) is 0 Å². The highest BCUT2D eigenvalue weighted by molar-refractivity contribution is 8.00. The number of carbonyl (C=O) groups excluding carboxylic acids is 1. The van der Waals surface area contributed by atoms with Crippen LogP contribution in [0.15, 0.2) is 0 Å². The van der Waals surface area contributed by atoms with Gasteiger partial charge in [0.1, 0.15) is 0 Å². The van der Waals surface area contributed by atoms with E-state index in [0.717, 1.165) is 31.8 Å². The summed E-state index contributed by atoms with van der Waals surface area (Å²) in [5.74, 6) is 1.54. The standard InChI is InChI=1S/C10H18N2OS.ClH/c1-8-7-11-4-5-12(8)10(13)9-3-2-6-14-9;/h8-9,11H,2-7H2,1H3;1H/t8-,9?;/m0./s1. The van der Waals surface area contributed by atoms with Crippen LogP contribution in [0.2, 0.25) is 0 Å². The van der Waals surface area contributed by atoms with E-state index in [0.29, 0.717) is 11.9 Å². The Bertz CT molecular complexity index is 221. The Balaban J connectivity index is 0.00000112. The molecule has 0 radical (unpaired) electrons. The van der Waals surface area contributed by atoms with Gasteiger partial charge in [-0.25, -0.2) is 0 Å². The Hall–Kier alpha value is 0.0700. The third-order valence-electron chi connectivity index (χ3n) is 2.99. The largest absolute Gasteiger partial charge is 0.336 e. The molecule has 88 valence electrons. The maximum absolute atomic E-state index is 12.1. The molecule has 0 aromatic carbocycles. The molecule has 2 saturated heterocycles. The van der Waals surface area contributed by atoms with Crippen LogP contribution in [0, 0.1) is 0 Å². The first kappa shape index (κ1) is 13.1. The molecular weight excluding hydrogens is 232 g/mol. The van der Waals surface area contributed by atoms with E-state index in [1.165, 1.54) is 6.42 Å². The summed E-state index contributed by atoms with van der Waals surface area (Å²) in [6, 6.07) is 0.373. The van der Waals surface area contributed by atoms with Gasteiger partial charge in [0.2, 0.25) is 5.91 Å². The second-order valence-corrected chi connectivity index (χ2v) is 5.40. The molecule has 1 amide bonds. The molecule has 2 rings (SSSR count). The topological polar surface area (TPSA) is 32.3 Å². The number of hydrogen-bond donors (Lipinski definition) is 1. The van der Waals surface area contributed by atoms with E-state index >= 15 is 0 Å². The Labute approximate surface area is 102 Å². The SMILES string of the molecule is C[C@H]1CNCCN1C(=O)C1CCCS1.Cl. The van der Waals surface area contributed by atoms with Crippen molar-refractivity contribution in [3.05, 3.63) is 0 Å². The molecule has 0 spiro atoms. The van der Waals surface area contributed by atoms with Gasteiger partial charge >= 0.3 is 0 Å². The van der Waals surface area contributed by atoms with Crippen molar-refractivity contribution in [3.63, 3.8) is 0 Å². The minimum Gasteiger partial charge on any atom is -0.336 e. The van der Waals surface area contributed by atoms with Crippen molar-refractivity contribution in [1.82, 2.24) is 10.2 Å². The zero-order valence-corrected chi connectivity index (χ0v) is 10.7. The second kappa shape index (κ2) is 5.97. The number of piperazine rings is 1. The fourth-order valence-corrected chi connectivity index (χ4v) is 3.35. The van der Waals surface area contributed by atoms with E-state index in [2.05, 4.69) is 17.1 Å². The Kier molecular flexibility index (Phi) is 5.23. The second-order valence-electron chi connectivity index (χ2n) is 4.09. The van der Waals surface area contributed by atoms with E-state index in [-0.39, 0.29) is 17.7 Å². The quantitative estimate of drug-likeness (QED) is 0.757. The summed E-state index contributed by atoms with van der Waals surface area (Å²) >= 11 is 1.83. The van der Waals surface area contributed by atoms with Crippen molar-refractivity contribution < 1.29 is 4.79 Å². The van der Waals surface area contributed by atoms with Gasteiger partial charge in [0.05, 0.1) is 5.25 Å². The minimum atomic E-state index is 0. The highest BCUT2D eigenvalue weighted by Crippen LogP contribution is 2.28. The van der Waals surface area contributed by atoms with Crippen LogP contribution in [0.1, 0.15) is 19.8 Å². The maximum atomic E-state index is 12.1. The summed E-state index contributed by atoms with van der Waals surface area (Å²) in [5.41, 5.74) is 0. The number of rotatable bonds is 1. The number of amides is 1.